The summed E-state index contributed by atoms with van der Waals surface area (Å²) in [6, 6.07) is 3.68. The Hall–Kier alpha value is -1.55. The van der Waals surface area contributed by atoms with Gasteiger partial charge in [0.2, 0.25) is 5.91 Å². The summed E-state index contributed by atoms with van der Waals surface area (Å²) >= 11 is 0. The standard InChI is InChI=1S/C16H24N2O2/c1-4-8-16(9-5-10-17-16)15(20)18-13-7-6-11(2)14(19)12(13)3/h6-7,17,19H,4-5,8-10H2,1-3H3,(H,18,20). The number of anilines is 1. The Balaban J connectivity index is 2.21. The molecule has 1 aromatic rings. The molecule has 0 aliphatic carbocycles. The number of benzene rings is 1. The van der Waals surface area contributed by atoms with Crippen LogP contribution >= 0.6 is 0 Å². The summed E-state index contributed by atoms with van der Waals surface area (Å²) in [6.07, 6.45) is 3.73. The Morgan fingerprint density at radius 2 is 2.20 bits per heavy atom. The van der Waals surface area contributed by atoms with Gasteiger partial charge in [0, 0.05) is 11.3 Å². The molecule has 4 nitrogen and oxygen atoms in total. The topological polar surface area (TPSA) is 61.4 Å². The first-order chi connectivity index (χ1) is 9.50. The van der Waals surface area contributed by atoms with Gasteiger partial charge in [0.05, 0.1) is 5.54 Å². The summed E-state index contributed by atoms with van der Waals surface area (Å²) in [5.41, 5.74) is 1.80. The smallest absolute Gasteiger partial charge is 0.244 e. The van der Waals surface area contributed by atoms with E-state index >= 15 is 0 Å². The lowest BCUT2D eigenvalue weighted by molar-refractivity contribution is -0.122. The molecule has 0 saturated carbocycles. The summed E-state index contributed by atoms with van der Waals surface area (Å²) in [6.45, 7) is 6.67. The Kier molecular flexibility index (Phi) is 4.33. The van der Waals surface area contributed by atoms with Crippen LogP contribution in [-0.2, 0) is 4.79 Å². The zero-order valence-electron chi connectivity index (χ0n) is 12.5. The molecule has 1 unspecified atom stereocenters. The van der Waals surface area contributed by atoms with E-state index in [0.717, 1.165) is 43.4 Å². The fraction of sp³-hybridized carbons (Fsp3) is 0.562. The van der Waals surface area contributed by atoms with Crippen molar-refractivity contribution in [2.45, 2.75) is 52.0 Å². The van der Waals surface area contributed by atoms with E-state index in [0.29, 0.717) is 5.69 Å². The number of amides is 1. The van der Waals surface area contributed by atoms with Crippen LogP contribution in [0.3, 0.4) is 0 Å². The molecule has 1 aliphatic rings. The Morgan fingerprint density at radius 1 is 1.45 bits per heavy atom. The number of rotatable bonds is 4. The summed E-state index contributed by atoms with van der Waals surface area (Å²) < 4.78 is 0. The van der Waals surface area contributed by atoms with Crippen molar-refractivity contribution in [3.05, 3.63) is 23.3 Å². The number of aryl methyl sites for hydroxylation is 1. The van der Waals surface area contributed by atoms with Crippen molar-refractivity contribution in [1.82, 2.24) is 5.32 Å². The molecule has 1 heterocycles. The Bertz CT molecular complexity index is 505. The van der Waals surface area contributed by atoms with Gasteiger partial charge in [-0.1, -0.05) is 19.4 Å². The van der Waals surface area contributed by atoms with Crippen LogP contribution in [0.25, 0.3) is 0 Å². The second kappa shape index (κ2) is 5.83. The number of carbonyl (C=O) groups excluding carboxylic acids is 1. The molecular formula is C16H24N2O2. The largest absolute Gasteiger partial charge is 0.507 e. The molecule has 1 saturated heterocycles. The zero-order chi connectivity index (χ0) is 14.8. The van der Waals surface area contributed by atoms with Gasteiger partial charge in [0.15, 0.2) is 0 Å². The fourth-order valence-corrected chi connectivity index (χ4v) is 2.97. The molecule has 1 atom stereocenters. The van der Waals surface area contributed by atoms with Gasteiger partial charge in [-0.05, 0) is 51.3 Å². The van der Waals surface area contributed by atoms with Crippen molar-refractivity contribution in [2.75, 3.05) is 11.9 Å². The van der Waals surface area contributed by atoms with Crippen molar-refractivity contribution in [3.63, 3.8) is 0 Å². The van der Waals surface area contributed by atoms with E-state index in [2.05, 4.69) is 17.6 Å². The minimum absolute atomic E-state index is 0.0169. The maximum Gasteiger partial charge on any atom is 0.244 e. The van der Waals surface area contributed by atoms with E-state index in [1.165, 1.54) is 0 Å². The van der Waals surface area contributed by atoms with Gasteiger partial charge in [0.1, 0.15) is 5.75 Å². The van der Waals surface area contributed by atoms with Crippen LogP contribution in [0.1, 0.15) is 43.7 Å². The highest BCUT2D eigenvalue weighted by molar-refractivity contribution is 5.99. The molecule has 0 spiro atoms. The average molecular weight is 276 g/mol. The monoisotopic (exact) mass is 276 g/mol. The van der Waals surface area contributed by atoms with E-state index in [1.54, 1.807) is 0 Å². The van der Waals surface area contributed by atoms with Crippen LogP contribution in [0.4, 0.5) is 5.69 Å². The normalized spacial score (nSPS) is 21.9. The van der Waals surface area contributed by atoms with Crippen LogP contribution in [0.2, 0.25) is 0 Å². The van der Waals surface area contributed by atoms with Gasteiger partial charge < -0.3 is 15.7 Å². The van der Waals surface area contributed by atoms with E-state index < -0.39 is 5.54 Å². The lowest BCUT2D eigenvalue weighted by Crippen LogP contribution is -2.50. The van der Waals surface area contributed by atoms with Gasteiger partial charge in [0.25, 0.3) is 0 Å². The number of phenols is 1. The number of aromatic hydroxyl groups is 1. The molecule has 0 aromatic heterocycles. The molecule has 110 valence electrons. The van der Waals surface area contributed by atoms with E-state index in [1.807, 2.05) is 26.0 Å². The number of nitrogens with one attached hydrogen (secondary N) is 2. The van der Waals surface area contributed by atoms with Gasteiger partial charge in [-0.15, -0.1) is 0 Å². The van der Waals surface area contributed by atoms with E-state index in [9.17, 15) is 9.90 Å². The number of carbonyl (C=O) groups is 1. The van der Waals surface area contributed by atoms with Crippen molar-refractivity contribution in [3.8, 4) is 5.75 Å². The maximum absolute atomic E-state index is 12.6. The number of hydrogen-bond donors (Lipinski definition) is 3. The highest BCUT2D eigenvalue weighted by atomic mass is 16.3. The highest BCUT2D eigenvalue weighted by Crippen LogP contribution is 2.31. The maximum atomic E-state index is 12.6. The first kappa shape index (κ1) is 14.9. The SMILES string of the molecule is CCCC1(C(=O)Nc2ccc(C)c(O)c2C)CCCN1. The molecule has 0 radical (unpaired) electrons. The van der Waals surface area contributed by atoms with Gasteiger partial charge in [-0.25, -0.2) is 0 Å². The number of phenolic OH excluding ortho intramolecular Hbond substituents is 1. The minimum atomic E-state index is -0.443. The predicted molar refractivity (Wildman–Crippen MR) is 81.1 cm³/mol. The second-order valence-electron chi connectivity index (χ2n) is 5.72. The van der Waals surface area contributed by atoms with Crippen molar-refractivity contribution < 1.29 is 9.90 Å². The lowest BCUT2D eigenvalue weighted by Gasteiger charge is -2.28. The van der Waals surface area contributed by atoms with Crippen molar-refractivity contribution in [2.24, 2.45) is 0 Å². The third-order valence-corrected chi connectivity index (χ3v) is 4.24. The summed E-state index contributed by atoms with van der Waals surface area (Å²) in [5, 5.41) is 16.3. The molecule has 4 heteroatoms. The first-order valence-corrected chi connectivity index (χ1v) is 7.36. The Labute approximate surface area is 120 Å². The third kappa shape index (κ3) is 2.66. The molecule has 1 aliphatic heterocycles. The fourth-order valence-electron chi connectivity index (χ4n) is 2.97. The summed E-state index contributed by atoms with van der Waals surface area (Å²) in [7, 11) is 0. The average Bonchev–Trinajstić information content (AvgIpc) is 2.90. The van der Waals surface area contributed by atoms with E-state index in [-0.39, 0.29) is 11.7 Å². The lowest BCUT2D eigenvalue weighted by atomic mass is 9.90. The quantitative estimate of drug-likeness (QED) is 0.792. The van der Waals surface area contributed by atoms with Crippen LogP contribution in [0.15, 0.2) is 12.1 Å². The third-order valence-electron chi connectivity index (χ3n) is 4.24. The summed E-state index contributed by atoms with van der Waals surface area (Å²) in [4.78, 5) is 12.6. The van der Waals surface area contributed by atoms with Crippen LogP contribution in [0.5, 0.6) is 5.75 Å². The molecule has 20 heavy (non-hydrogen) atoms. The van der Waals surface area contributed by atoms with E-state index in [4.69, 9.17) is 0 Å². The van der Waals surface area contributed by atoms with Gasteiger partial charge in [-0.3, -0.25) is 4.79 Å². The molecule has 1 aromatic carbocycles. The van der Waals surface area contributed by atoms with Gasteiger partial charge in [-0.2, -0.15) is 0 Å². The van der Waals surface area contributed by atoms with Crippen molar-refractivity contribution >= 4 is 11.6 Å². The van der Waals surface area contributed by atoms with Crippen molar-refractivity contribution in [1.29, 1.82) is 0 Å². The highest BCUT2D eigenvalue weighted by Gasteiger charge is 2.40. The first-order valence-electron chi connectivity index (χ1n) is 7.36. The van der Waals surface area contributed by atoms with Crippen LogP contribution < -0.4 is 10.6 Å². The summed E-state index contributed by atoms with van der Waals surface area (Å²) in [5.74, 6) is 0.273. The number of hydrogen-bond acceptors (Lipinski definition) is 3. The van der Waals surface area contributed by atoms with Crippen LogP contribution in [0, 0.1) is 13.8 Å². The zero-order valence-corrected chi connectivity index (χ0v) is 12.5. The molecule has 1 amide bonds. The molecule has 2 rings (SSSR count). The Morgan fingerprint density at radius 3 is 2.80 bits per heavy atom. The van der Waals surface area contributed by atoms with Crippen LogP contribution in [-0.4, -0.2) is 23.1 Å². The minimum Gasteiger partial charge on any atom is -0.507 e. The van der Waals surface area contributed by atoms with Gasteiger partial charge >= 0.3 is 0 Å². The molecular weight excluding hydrogens is 252 g/mol. The molecule has 0 bridgehead atoms. The molecule has 1 fully saturated rings. The molecule has 3 N–H and O–H groups in total. The second-order valence-corrected chi connectivity index (χ2v) is 5.72. The predicted octanol–water partition coefficient (Wildman–Crippen LogP) is 2.87.